The van der Waals surface area contributed by atoms with Crippen molar-refractivity contribution in [2.75, 3.05) is 18.2 Å². The van der Waals surface area contributed by atoms with Crippen molar-refractivity contribution in [3.8, 4) is 34.1 Å². The van der Waals surface area contributed by atoms with E-state index < -0.39 is 0 Å². The van der Waals surface area contributed by atoms with Gasteiger partial charge in [-0.05, 0) is 60.2 Å². The third kappa shape index (κ3) is 7.26. The maximum Gasteiger partial charge on any atom is 0.277 e. The number of benzene rings is 4. The van der Waals surface area contributed by atoms with E-state index in [0.29, 0.717) is 28.4 Å². The minimum Gasteiger partial charge on any atom is -0.497 e. The molecule has 222 valence electrons. The van der Waals surface area contributed by atoms with Gasteiger partial charge in [0.05, 0.1) is 24.1 Å². The zero-order valence-corrected chi connectivity index (χ0v) is 25.0. The predicted molar refractivity (Wildman–Crippen MR) is 174 cm³/mol. The van der Waals surface area contributed by atoms with Crippen molar-refractivity contribution in [1.29, 1.82) is 0 Å². The van der Waals surface area contributed by atoms with Gasteiger partial charge in [-0.25, -0.2) is 4.68 Å². The molecule has 0 aliphatic rings. The summed E-state index contributed by atoms with van der Waals surface area (Å²) in [5.74, 6) is 0.722. The largest absolute Gasteiger partial charge is 0.497 e. The van der Waals surface area contributed by atoms with Crippen LogP contribution < -0.4 is 10.1 Å². The van der Waals surface area contributed by atoms with E-state index in [2.05, 4.69) is 15.5 Å². The first-order valence-electron chi connectivity index (χ1n) is 14.0. The smallest absolute Gasteiger partial charge is 0.277 e. The molecule has 0 unspecified atom stereocenters. The van der Waals surface area contributed by atoms with Crippen molar-refractivity contribution in [2.45, 2.75) is 5.22 Å². The summed E-state index contributed by atoms with van der Waals surface area (Å²) in [6.45, 7) is 0. The SMILES string of the molecule is COc1ccc(/C=C/C(=O)c2ccc(NC(=O)CSc3nnc(-c4cn(-c5ccccc5)nc4-c4ccccc4)o3)cc2)cc1. The Morgan fingerprint density at radius 3 is 2.31 bits per heavy atom. The Labute approximate surface area is 263 Å². The van der Waals surface area contributed by atoms with E-state index in [9.17, 15) is 9.59 Å². The van der Waals surface area contributed by atoms with Gasteiger partial charge in [0.2, 0.25) is 5.91 Å². The molecular weight excluding hydrogens is 586 g/mol. The van der Waals surface area contributed by atoms with E-state index in [4.69, 9.17) is 14.3 Å². The summed E-state index contributed by atoms with van der Waals surface area (Å²) < 4.78 is 12.9. The average molecular weight is 614 g/mol. The number of nitrogens with zero attached hydrogens (tertiary/aromatic N) is 4. The first kappa shape index (κ1) is 29.3. The number of amides is 1. The van der Waals surface area contributed by atoms with Crippen molar-refractivity contribution < 1.29 is 18.7 Å². The molecule has 10 heteroatoms. The average Bonchev–Trinajstić information content (AvgIpc) is 3.76. The molecule has 2 aromatic heterocycles. The van der Waals surface area contributed by atoms with Gasteiger partial charge < -0.3 is 14.5 Å². The van der Waals surface area contributed by atoms with Gasteiger partial charge in [-0.1, -0.05) is 78.5 Å². The van der Waals surface area contributed by atoms with Crippen LogP contribution in [0.15, 0.2) is 131 Å². The van der Waals surface area contributed by atoms with Crippen molar-refractivity contribution in [3.05, 3.63) is 133 Å². The summed E-state index contributed by atoms with van der Waals surface area (Å²) in [4.78, 5) is 25.2. The minimum atomic E-state index is -0.250. The van der Waals surface area contributed by atoms with E-state index >= 15 is 0 Å². The predicted octanol–water partition coefficient (Wildman–Crippen LogP) is 7.22. The molecule has 9 nitrogen and oxygen atoms in total. The van der Waals surface area contributed by atoms with Gasteiger partial charge in [0.15, 0.2) is 5.78 Å². The van der Waals surface area contributed by atoms with Gasteiger partial charge in [-0.2, -0.15) is 5.10 Å². The minimum absolute atomic E-state index is 0.0573. The molecule has 0 radical (unpaired) electrons. The van der Waals surface area contributed by atoms with E-state index in [1.807, 2.05) is 91.1 Å². The molecule has 0 atom stereocenters. The highest BCUT2D eigenvalue weighted by Gasteiger charge is 2.20. The van der Waals surface area contributed by atoms with Crippen LogP contribution in [-0.2, 0) is 4.79 Å². The van der Waals surface area contributed by atoms with Crippen LogP contribution >= 0.6 is 11.8 Å². The summed E-state index contributed by atoms with van der Waals surface area (Å²) in [6, 6.07) is 33.7. The Morgan fingerprint density at radius 2 is 1.60 bits per heavy atom. The van der Waals surface area contributed by atoms with Crippen LogP contribution in [0.2, 0.25) is 0 Å². The summed E-state index contributed by atoms with van der Waals surface area (Å²) in [7, 11) is 1.61. The molecule has 0 fully saturated rings. The maximum absolute atomic E-state index is 12.7. The van der Waals surface area contributed by atoms with Crippen LogP contribution in [0.3, 0.4) is 0 Å². The lowest BCUT2D eigenvalue weighted by Crippen LogP contribution is -2.14. The number of aromatic nitrogens is 4. The van der Waals surface area contributed by atoms with Crippen LogP contribution in [0.1, 0.15) is 15.9 Å². The molecule has 0 aliphatic carbocycles. The van der Waals surface area contributed by atoms with E-state index in [1.54, 1.807) is 42.1 Å². The third-order valence-electron chi connectivity index (χ3n) is 6.74. The molecule has 4 aromatic carbocycles. The standard InChI is InChI=1S/C35H27N5O4S/c1-43-29-19-12-24(13-20-29)14-21-31(41)25-15-17-27(18-16-25)36-32(42)23-45-35-38-37-34(44-35)30-22-40(28-10-6-3-7-11-28)39-33(30)26-8-4-2-5-9-26/h2-22H,23H2,1H3,(H,36,42)/b21-14+. The molecule has 0 saturated carbocycles. The van der Waals surface area contributed by atoms with E-state index in [0.717, 1.165) is 34.3 Å². The Bertz CT molecular complexity index is 1930. The quantitative estimate of drug-likeness (QED) is 0.0926. The summed E-state index contributed by atoms with van der Waals surface area (Å²) >= 11 is 1.13. The highest BCUT2D eigenvalue weighted by atomic mass is 32.2. The summed E-state index contributed by atoms with van der Waals surface area (Å²) in [5, 5.41) is 16.3. The Balaban J connectivity index is 1.07. The molecule has 6 aromatic rings. The highest BCUT2D eigenvalue weighted by Crippen LogP contribution is 2.32. The second-order valence-corrected chi connectivity index (χ2v) is 10.7. The lowest BCUT2D eigenvalue weighted by atomic mass is 10.1. The number of carbonyl (C=O) groups is 2. The van der Waals surface area contributed by atoms with Crippen LogP contribution in [-0.4, -0.2) is 44.5 Å². The normalized spacial score (nSPS) is 11.0. The number of carbonyl (C=O) groups excluding carboxylic acids is 2. The van der Waals surface area contributed by atoms with Gasteiger partial charge in [0.25, 0.3) is 11.1 Å². The molecule has 2 heterocycles. The van der Waals surface area contributed by atoms with Crippen LogP contribution in [0.5, 0.6) is 5.75 Å². The van der Waals surface area contributed by atoms with Crippen molar-refractivity contribution in [1.82, 2.24) is 20.0 Å². The summed E-state index contributed by atoms with van der Waals surface area (Å²) in [5.41, 5.74) is 5.17. The number of ether oxygens (including phenoxy) is 1. The number of methoxy groups -OCH3 is 1. The first-order valence-corrected chi connectivity index (χ1v) is 15.0. The molecule has 0 saturated heterocycles. The molecule has 1 amide bonds. The van der Waals surface area contributed by atoms with Gasteiger partial charge in [0.1, 0.15) is 11.4 Å². The second-order valence-electron chi connectivity index (χ2n) is 9.80. The van der Waals surface area contributed by atoms with E-state index in [-0.39, 0.29) is 22.7 Å². The molecule has 0 aliphatic heterocycles. The molecule has 1 N–H and O–H groups in total. The van der Waals surface area contributed by atoms with Gasteiger partial charge in [-0.3, -0.25) is 9.59 Å². The Morgan fingerprint density at radius 1 is 0.889 bits per heavy atom. The van der Waals surface area contributed by atoms with Crippen LogP contribution in [0.25, 0.3) is 34.5 Å². The number of ketones is 1. The second kappa shape index (κ2) is 13.7. The maximum atomic E-state index is 12.7. The monoisotopic (exact) mass is 613 g/mol. The van der Waals surface area contributed by atoms with Crippen molar-refractivity contribution >= 4 is 35.2 Å². The molecule has 0 spiro atoms. The van der Waals surface area contributed by atoms with Gasteiger partial charge >= 0.3 is 0 Å². The number of allylic oxidation sites excluding steroid dienone is 1. The lowest BCUT2D eigenvalue weighted by molar-refractivity contribution is -0.113. The molecule has 6 rings (SSSR count). The zero-order valence-electron chi connectivity index (χ0n) is 24.2. The first-order chi connectivity index (χ1) is 22.1. The number of para-hydroxylation sites is 1. The van der Waals surface area contributed by atoms with Crippen molar-refractivity contribution in [2.24, 2.45) is 0 Å². The summed E-state index contributed by atoms with van der Waals surface area (Å²) in [6.07, 6.45) is 5.12. The fourth-order valence-corrected chi connectivity index (χ4v) is 5.02. The number of anilines is 1. The van der Waals surface area contributed by atoms with Crippen LogP contribution in [0, 0.1) is 0 Å². The number of rotatable bonds is 11. The fraction of sp³-hybridized carbons (Fsp3) is 0.0571. The lowest BCUT2D eigenvalue weighted by Gasteiger charge is -2.05. The van der Waals surface area contributed by atoms with Gasteiger partial charge in [-0.15, -0.1) is 10.2 Å². The number of nitrogens with one attached hydrogen (secondary N) is 1. The highest BCUT2D eigenvalue weighted by molar-refractivity contribution is 7.99. The molecule has 45 heavy (non-hydrogen) atoms. The third-order valence-corrected chi connectivity index (χ3v) is 7.56. The molecular formula is C35H27N5O4S. The fourth-order valence-electron chi connectivity index (χ4n) is 4.45. The Kier molecular flexibility index (Phi) is 8.93. The van der Waals surface area contributed by atoms with Crippen molar-refractivity contribution in [3.63, 3.8) is 0 Å². The number of hydrogen-bond donors (Lipinski definition) is 1. The number of hydrogen-bond acceptors (Lipinski definition) is 8. The number of thioether (sulfide) groups is 1. The van der Waals surface area contributed by atoms with Crippen LogP contribution in [0.4, 0.5) is 5.69 Å². The zero-order chi connectivity index (χ0) is 31.0. The van der Waals surface area contributed by atoms with Gasteiger partial charge in [0, 0.05) is 23.0 Å². The topological polar surface area (TPSA) is 112 Å². The van der Waals surface area contributed by atoms with E-state index in [1.165, 1.54) is 6.08 Å². The molecule has 0 bridgehead atoms. The Hall–Kier alpha value is -5.74.